The average Bonchev–Trinajstić information content (AvgIpc) is 3.08. The second-order valence-electron chi connectivity index (χ2n) is 10.1. The second kappa shape index (κ2) is 9.28. The first-order valence-corrected chi connectivity index (χ1v) is 11.5. The molecule has 186 valence electrons. The predicted molar refractivity (Wildman–Crippen MR) is 130 cm³/mol. The van der Waals surface area contributed by atoms with Crippen molar-refractivity contribution in [3.63, 3.8) is 0 Å². The summed E-state index contributed by atoms with van der Waals surface area (Å²) in [7, 11) is 0. The van der Waals surface area contributed by atoms with Crippen molar-refractivity contribution in [1.82, 2.24) is 9.55 Å². The Labute approximate surface area is 202 Å². The van der Waals surface area contributed by atoms with Gasteiger partial charge in [-0.3, -0.25) is 4.79 Å². The van der Waals surface area contributed by atoms with E-state index in [4.69, 9.17) is 10.7 Å². The average molecular weight is 487 g/mol. The van der Waals surface area contributed by atoms with Crippen LogP contribution in [0, 0.1) is 11.3 Å². The number of aromatic nitrogens is 2. The van der Waals surface area contributed by atoms with Crippen molar-refractivity contribution in [2.75, 3.05) is 5.32 Å². The van der Waals surface area contributed by atoms with E-state index >= 15 is 0 Å². The minimum absolute atomic E-state index is 0.164. The number of hydrogen-bond donors (Lipinski definition) is 2. The number of primary amides is 1. The Morgan fingerprint density at radius 2 is 1.91 bits per heavy atom. The first-order chi connectivity index (χ1) is 16.4. The minimum Gasteiger partial charge on any atom is -0.406 e. The molecule has 1 heterocycles. The number of nitrogens with one attached hydrogen (secondary N) is 1. The van der Waals surface area contributed by atoms with Crippen molar-refractivity contribution >= 4 is 34.7 Å². The Kier molecular flexibility index (Phi) is 6.53. The van der Waals surface area contributed by atoms with Gasteiger partial charge in [0.1, 0.15) is 5.75 Å². The summed E-state index contributed by atoms with van der Waals surface area (Å²) in [6, 6.07) is 11.5. The maximum atomic E-state index is 12.5. The van der Waals surface area contributed by atoms with Crippen molar-refractivity contribution in [2.45, 2.75) is 52.4 Å². The Morgan fingerprint density at radius 1 is 1.20 bits per heavy atom. The van der Waals surface area contributed by atoms with E-state index in [9.17, 15) is 18.0 Å². The number of benzene rings is 2. The lowest BCUT2D eigenvalue weighted by Gasteiger charge is -2.40. The number of amides is 1. The molecule has 3 aromatic rings. The summed E-state index contributed by atoms with van der Waals surface area (Å²) in [4.78, 5) is 15.9. The molecule has 1 amide bonds. The van der Waals surface area contributed by atoms with Crippen molar-refractivity contribution in [3.05, 3.63) is 54.1 Å². The second-order valence-corrected chi connectivity index (χ2v) is 10.1. The minimum atomic E-state index is -4.74. The van der Waals surface area contributed by atoms with E-state index in [1.54, 1.807) is 6.08 Å². The molecule has 0 bridgehead atoms. The van der Waals surface area contributed by atoms with Gasteiger partial charge in [0.05, 0.1) is 11.0 Å². The van der Waals surface area contributed by atoms with Crippen LogP contribution in [0.5, 0.6) is 5.75 Å². The number of rotatable bonds is 6. The van der Waals surface area contributed by atoms with Crippen LogP contribution in [0.2, 0.25) is 0 Å². The molecule has 6 nitrogen and oxygen atoms in total. The zero-order chi connectivity index (χ0) is 25.4. The molecule has 1 fully saturated rings. The van der Waals surface area contributed by atoms with Crippen LogP contribution in [0.15, 0.2) is 48.5 Å². The van der Waals surface area contributed by atoms with Crippen molar-refractivity contribution < 1.29 is 22.7 Å². The number of carbonyl (C=O) groups excluding carboxylic acids is 1. The fourth-order valence-electron chi connectivity index (χ4n) is 5.22. The summed E-state index contributed by atoms with van der Waals surface area (Å²) in [5.74, 6) is 0.320. The van der Waals surface area contributed by atoms with Gasteiger partial charge in [0.25, 0.3) is 0 Å². The van der Waals surface area contributed by atoms with Gasteiger partial charge in [0, 0.05) is 17.8 Å². The highest BCUT2D eigenvalue weighted by molar-refractivity contribution is 5.91. The van der Waals surface area contributed by atoms with Gasteiger partial charge in [-0.2, -0.15) is 0 Å². The number of carbonyl (C=O) groups is 1. The first-order valence-electron chi connectivity index (χ1n) is 11.5. The highest BCUT2D eigenvalue weighted by atomic mass is 19.4. The predicted octanol–water partition coefficient (Wildman–Crippen LogP) is 6.56. The van der Waals surface area contributed by atoms with E-state index in [1.807, 2.05) is 18.2 Å². The van der Waals surface area contributed by atoms with Crippen LogP contribution >= 0.6 is 0 Å². The number of hydrogen-bond acceptors (Lipinski definition) is 4. The molecular formula is C26H29F3N4O2. The van der Waals surface area contributed by atoms with Gasteiger partial charge in [0.2, 0.25) is 11.9 Å². The molecule has 4 rings (SSSR count). The number of nitrogens with zero attached hydrogens (tertiary/aromatic N) is 2. The van der Waals surface area contributed by atoms with E-state index < -0.39 is 12.3 Å². The fourth-order valence-corrected chi connectivity index (χ4v) is 5.22. The summed E-state index contributed by atoms with van der Waals surface area (Å²) in [6.45, 7) is 6.80. The molecule has 3 N–H and O–H groups in total. The zero-order valence-electron chi connectivity index (χ0n) is 19.9. The molecule has 9 heteroatoms. The van der Waals surface area contributed by atoms with Gasteiger partial charge >= 0.3 is 6.36 Å². The molecule has 0 spiro atoms. The topological polar surface area (TPSA) is 82.2 Å². The van der Waals surface area contributed by atoms with Crippen molar-refractivity contribution in [3.8, 4) is 5.75 Å². The summed E-state index contributed by atoms with van der Waals surface area (Å²) < 4.78 is 43.7. The summed E-state index contributed by atoms with van der Waals surface area (Å²) >= 11 is 0. The zero-order valence-corrected chi connectivity index (χ0v) is 19.9. The molecule has 1 saturated carbocycles. The summed E-state index contributed by atoms with van der Waals surface area (Å²) in [5, 5.41) is 3.28. The molecule has 2 atom stereocenters. The van der Waals surface area contributed by atoms with Crippen LogP contribution in [0.4, 0.5) is 24.8 Å². The number of fused-ring (bicyclic) bond motifs is 1. The standard InChI is InChI=1S/C26H29F3N4O2/c1-16-12-19(15-25(2,3)14-16)33-22-10-4-17(5-11-23(30)34)13-21(22)32-24(33)31-18-6-8-20(9-7-18)35-26(27,28)29/h4-11,13,16,19H,12,14-15H2,1-3H3,(H2,30,34)(H,31,32). The van der Waals surface area contributed by atoms with Crippen LogP contribution in [0.1, 0.15) is 51.6 Å². The lowest BCUT2D eigenvalue weighted by Crippen LogP contribution is -2.29. The van der Waals surface area contributed by atoms with E-state index in [0.29, 0.717) is 17.6 Å². The van der Waals surface area contributed by atoms with Crippen LogP contribution in [0.25, 0.3) is 17.1 Å². The molecule has 0 radical (unpaired) electrons. The Bertz CT molecular complexity index is 1250. The summed E-state index contributed by atoms with van der Waals surface area (Å²) in [5.41, 5.74) is 8.45. The monoisotopic (exact) mass is 486 g/mol. The van der Waals surface area contributed by atoms with Crippen LogP contribution in [0.3, 0.4) is 0 Å². The highest BCUT2D eigenvalue weighted by Gasteiger charge is 2.35. The molecule has 1 aliphatic rings. The normalized spacial score (nSPS) is 20.3. The highest BCUT2D eigenvalue weighted by Crippen LogP contribution is 2.46. The molecular weight excluding hydrogens is 457 g/mol. The van der Waals surface area contributed by atoms with E-state index in [0.717, 1.165) is 35.9 Å². The molecule has 0 saturated heterocycles. The number of imidazole rings is 1. The van der Waals surface area contributed by atoms with Gasteiger partial charge in [-0.05, 0) is 78.6 Å². The SMILES string of the molecule is CC1CC(n2c(Nc3ccc(OC(F)(F)F)cc3)nc3cc(C=CC(N)=O)ccc32)CC(C)(C)C1. The van der Waals surface area contributed by atoms with E-state index in [-0.39, 0.29) is 17.2 Å². The maximum Gasteiger partial charge on any atom is 0.573 e. The molecule has 1 aromatic heterocycles. The third-order valence-electron chi connectivity index (χ3n) is 6.23. The van der Waals surface area contributed by atoms with E-state index in [2.05, 4.69) is 35.4 Å². The molecule has 35 heavy (non-hydrogen) atoms. The maximum absolute atomic E-state index is 12.5. The number of halogens is 3. The molecule has 0 aliphatic heterocycles. The quantitative estimate of drug-likeness (QED) is 0.387. The van der Waals surface area contributed by atoms with Crippen LogP contribution < -0.4 is 15.8 Å². The first kappa shape index (κ1) is 24.6. The summed E-state index contributed by atoms with van der Waals surface area (Å²) in [6.07, 6.45) is 1.30. The largest absolute Gasteiger partial charge is 0.573 e. The smallest absolute Gasteiger partial charge is 0.406 e. The van der Waals surface area contributed by atoms with Gasteiger partial charge in [0.15, 0.2) is 0 Å². The van der Waals surface area contributed by atoms with E-state index in [1.165, 1.54) is 30.3 Å². The third kappa shape index (κ3) is 6.15. The lowest BCUT2D eigenvalue weighted by atomic mass is 9.70. The van der Waals surface area contributed by atoms with Gasteiger partial charge in [-0.15, -0.1) is 13.2 Å². The molecule has 1 aliphatic carbocycles. The van der Waals surface area contributed by atoms with Gasteiger partial charge in [-0.1, -0.05) is 26.8 Å². The lowest BCUT2D eigenvalue weighted by molar-refractivity contribution is -0.274. The Morgan fingerprint density at radius 3 is 2.54 bits per heavy atom. The Hall–Kier alpha value is -3.49. The van der Waals surface area contributed by atoms with Crippen LogP contribution in [-0.2, 0) is 4.79 Å². The third-order valence-corrected chi connectivity index (χ3v) is 6.23. The number of anilines is 2. The van der Waals surface area contributed by atoms with Gasteiger partial charge < -0.3 is 20.4 Å². The van der Waals surface area contributed by atoms with Crippen molar-refractivity contribution in [1.29, 1.82) is 0 Å². The molecule has 2 aromatic carbocycles. The number of alkyl halides is 3. The molecule has 2 unspecified atom stereocenters. The number of nitrogens with two attached hydrogens (primary N) is 1. The van der Waals surface area contributed by atoms with Crippen molar-refractivity contribution in [2.24, 2.45) is 17.1 Å². The van der Waals surface area contributed by atoms with Crippen LogP contribution in [-0.4, -0.2) is 21.8 Å². The van der Waals surface area contributed by atoms with Gasteiger partial charge in [-0.25, -0.2) is 4.98 Å². The Balaban J connectivity index is 1.73. The fraction of sp³-hybridized carbons (Fsp3) is 0.385. The number of ether oxygens (including phenoxy) is 1.